The zero-order valence-electron chi connectivity index (χ0n) is 17.6. The fraction of sp³-hybridized carbons (Fsp3) is 0.238. The molecule has 2 N–H and O–H groups in total. The van der Waals surface area contributed by atoms with E-state index in [1.54, 1.807) is 11.6 Å². The number of carbonyl (C=O) groups is 2. The summed E-state index contributed by atoms with van der Waals surface area (Å²) in [5, 5.41) is 13.5. The molecule has 3 aromatic rings. The highest BCUT2D eigenvalue weighted by molar-refractivity contribution is 7.99. The first-order valence-corrected chi connectivity index (χ1v) is 11.1. The number of benzene rings is 2. The average molecular weight is 516 g/mol. The van der Waals surface area contributed by atoms with Gasteiger partial charge in [-0.05, 0) is 42.5 Å². The van der Waals surface area contributed by atoms with Gasteiger partial charge in [0.05, 0.1) is 22.0 Å². The zero-order valence-corrected chi connectivity index (χ0v) is 19.2. The van der Waals surface area contributed by atoms with Crippen LogP contribution >= 0.6 is 23.4 Å². The summed E-state index contributed by atoms with van der Waals surface area (Å²) in [6, 6.07) is 7.80. The molecule has 0 bridgehead atoms. The van der Waals surface area contributed by atoms with Crippen molar-refractivity contribution in [1.29, 1.82) is 0 Å². The lowest BCUT2D eigenvalue weighted by Crippen LogP contribution is -2.26. The average Bonchev–Trinajstić information content (AvgIpc) is 3.13. The van der Waals surface area contributed by atoms with Crippen LogP contribution in [-0.4, -0.2) is 38.9 Å². The maximum atomic E-state index is 12.9. The van der Waals surface area contributed by atoms with Crippen LogP contribution in [0.1, 0.15) is 21.7 Å². The predicted molar refractivity (Wildman–Crippen MR) is 119 cm³/mol. The van der Waals surface area contributed by atoms with Gasteiger partial charge in [0.15, 0.2) is 5.16 Å². The van der Waals surface area contributed by atoms with Crippen LogP contribution in [0, 0.1) is 5.82 Å². The van der Waals surface area contributed by atoms with E-state index in [1.807, 2.05) is 0 Å². The summed E-state index contributed by atoms with van der Waals surface area (Å²) in [4.78, 5) is 24.3. The molecule has 3 rings (SSSR count). The summed E-state index contributed by atoms with van der Waals surface area (Å²) in [5.41, 5.74) is -0.746. The molecule has 0 aliphatic rings. The summed E-state index contributed by atoms with van der Waals surface area (Å²) >= 11 is 6.93. The monoisotopic (exact) mass is 515 g/mol. The Balaban J connectivity index is 1.51. The normalized spacial score (nSPS) is 11.4. The number of amides is 2. The minimum atomic E-state index is -4.56. The summed E-state index contributed by atoms with van der Waals surface area (Å²) in [7, 11) is 1.68. The van der Waals surface area contributed by atoms with Gasteiger partial charge in [-0.15, -0.1) is 10.2 Å². The van der Waals surface area contributed by atoms with E-state index in [9.17, 15) is 27.2 Å². The van der Waals surface area contributed by atoms with Crippen LogP contribution in [0.15, 0.2) is 47.6 Å². The number of rotatable bonds is 8. The maximum absolute atomic E-state index is 12.9. The van der Waals surface area contributed by atoms with E-state index in [-0.39, 0.29) is 28.9 Å². The zero-order chi connectivity index (χ0) is 24.9. The SMILES string of the molecule is Cn1c(CCNC(=O)c2ccc(F)cc2)nnc1SCC(=O)Nc1cc(C(F)(F)F)ccc1Cl. The quantitative estimate of drug-likeness (QED) is 0.344. The topological polar surface area (TPSA) is 88.9 Å². The van der Waals surface area contributed by atoms with Gasteiger partial charge in [-0.2, -0.15) is 13.2 Å². The van der Waals surface area contributed by atoms with Gasteiger partial charge in [0.25, 0.3) is 5.91 Å². The van der Waals surface area contributed by atoms with Crippen LogP contribution in [0.2, 0.25) is 5.02 Å². The van der Waals surface area contributed by atoms with Gasteiger partial charge in [-0.1, -0.05) is 23.4 Å². The Morgan fingerprint density at radius 1 is 1.12 bits per heavy atom. The smallest absolute Gasteiger partial charge is 0.352 e. The highest BCUT2D eigenvalue weighted by Crippen LogP contribution is 2.34. The van der Waals surface area contributed by atoms with E-state index >= 15 is 0 Å². The first-order chi connectivity index (χ1) is 16.0. The van der Waals surface area contributed by atoms with Crippen LogP contribution in [-0.2, 0) is 24.4 Å². The highest BCUT2D eigenvalue weighted by Gasteiger charge is 2.31. The van der Waals surface area contributed by atoms with Crippen molar-refractivity contribution in [2.45, 2.75) is 17.8 Å². The Morgan fingerprint density at radius 2 is 1.82 bits per heavy atom. The van der Waals surface area contributed by atoms with Crippen molar-refractivity contribution in [2.24, 2.45) is 7.05 Å². The van der Waals surface area contributed by atoms with E-state index < -0.39 is 23.5 Å². The molecular weight excluding hydrogens is 498 g/mol. The van der Waals surface area contributed by atoms with Crippen molar-refractivity contribution in [1.82, 2.24) is 20.1 Å². The Hall–Kier alpha value is -3.12. The molecule has 0 saturated heterocycles. The molecule has 2 aromatic carbocycles. The number of alkyl halides is 3. The molecule has 0 unspecified atom stereocenters. The lowest BCUT2D eigenvalue weighted by atomic mass is 10.2. The number of carbonyl (C=O) groups excluding carboxylic acids is 2. The second-order valence-corrected chi connectivity index (χ2v) is 8.35. The van der Waals surface area contributed by atoms with Crippen LogP contribution in [0.4, 0.5) is 23.2 Å². The maximum Gasteiger partial charge on any atom is 0.416 e. The fourth-order valence-corrected chi connectivity index (χ4v) is 3.69. The standard InChI is InChI=1S/C21H18ClF4N5O2S/c1-31-17(8-9-27-19(33)12-2-5-14(23)6-3-12)29-30-20(31)34-11-18(32)28-16-10-13(21(24,25)26)4-7-15(16)22/h2-7,10H,8-9,11H2,1H3,(H,27,33)(H,28,32). The van der Waals surface area contributed by atoms with Gasteiger partial charge in [0, 0.05) is 25.6 Å². The summed E-state index contributed by atoms with van der Waals surface area (Å²) < 4.78 is 53.2. The van der Waals surface area contributed by atoms with E-state index in [1.165, 1.54) is 24.3 Å². The molecule has 2 amide bonds. The number of hydrogen-bond acceptors (Lipinski definition) is 5. The third-order valence-electron chi connectivity index (χ3n) is 4.57. The van der Waals surface area contributed by atoms with Crippen molar-refractivity contribution < 1.29 is 27.2 Å². The molecule has 1 aromatic heterocycles. The molecule has 0 atom stereocenters. The Morgan fingerprint density at radius 3 is 2.50 bits per heavy atom. The molecular formula is C21H18ClF4N5O2S. The molecule has 1 heterocycles. The van der Waals surface area contributed by atoms with Gasteiger partial charge in [-0.25, -0.2) is 4.39 Å². The molecule has 0 aliphatic heterocycles. The van der Waals surface area contributed by atoms with E-state index in [4.69, 9.17) is 11.6 Å². The van der Waals surface area contributed by atoms with Gasteiger partial charge < -0.3 is 15.2 Å². The third-order valence-corrected chi connectivity index (χ3v) is 5.92. The fourth-order valence-electron chi connectivity index (χ4n) is 2.79. The van der Waals surface area contributed by atoms with Gasteiger partial charge in [0.2, 0.25) is 5.91 Å². The molecule has 0 aliphatic carbocycles. The lowest BCUT2D eigenvalue weighted by molar-refractivity contribution is -0.137. The van der Waals surface area contributed by atoms with Crippen LogP contribution in [0.3, 0.4) is 0 Å². The Bertz CT molecular complexity index is 1180. The second-order valence-electron chi connectivity index (χ2n) is 7.00. The number of aromatic nitrogens is 3. The van der Waals surface area contributed by atoms with Crippen molar-refractivity contribution >= 4 is 40.9 Å². The van der Waals surface area contributed by atoms with Crippen LogP contribution in [0.5, 0.6) is 0 Å². The van der Waals surface area contributed by atoms with Gasteiger partial charge in [0.1, 0.15) is 11.6 Å². The predicted octanol–water partition coefficient (Wildman–Crippen LogP) is 4.33. The molecule has 0 saturated carbocycles. The Kier molecular flexibility index (Phi) is 8.15. The molecule has 0 radical (unpaired) electrons. The van der Waals surface area contributed by atoms with Crippen molar-refractivity contribution in [3.8, 4) is 0 Å². The molecule has 0 spiro atoms. The number of thioether (sulfide) groups is 1. The Labute approximate surface area is 200 Å². The number of anilines is 1. The summed E-state index contributed by atoms with van der Waals surface area (Å²) in [6.45, 7) is 0.251. The first kappa shape index (κ1) is 25.5. The molecule has 0 fully saturated rings. The molecule has 34 heavy (non-hydrogen) atoms. The molecule has 13 heteroatoms. The minimum absolute atomic E-state index is 0.0185. The number of halogens is 5. The van der Waals surface area contributed by atoms with Gasteiger partial charge >= 0.3 is 6.18 Å². The first-order valence-electron chi connectivity index (χ1n) is 9.76. The number of nitrogens with zero attached hydrogens (tertiary/aromatic N) is 3. The van der Waals surface area contributed by atoms with E-state index in [2.05, 4.69) is 20.8 Å². The van der Waals surface area contributed by atoms with Crippen molar-refractivity contribution in [3.63, 3.8) is 0 Å². The second kappa shape index (κ2) is 10.9. The number of nitrogens with one attached hydrogen (secondary N) is 2. The molecule has 180 valence electrons. The number of hydrogen-bond donors (Lipinski definition) is 2. The minimum Gasteiger partial charge on any atom is -0.352 e. The van der Waals surface area contributed by atoms with E-state index in [0.717, 1.165) is 30.0 Å². The summed E-state index contributed by atoms with van der Waals surface area (Å²) in [6.07, 6.45) is -4.21. The van der Waals surface area contributed by atoms with Gasteiger partial charge in [-0.3, -0.25) is 9.59 Å². The van der Waals surface area contributed by atoms with Crippen molar-refractivity contribution in [2.75, 3.05) is 17.6 Å². The highest BCUT2D eigenvalue weighted by atomic mass is 35.5. The summed E-state index contributed by atoms with van der Waals surface area (Å²) in [5.74, 6) is -0.959. The van der Waals surface area contributed by atoms with Crippen LogP contribution in [0.25, 0.3) is 0 Å². The molecule has 7 nitrogen and oxygen atoms in total. The third kappa shape index (κ3) is 6.70. The van der Waals surface area contributed by atoms with Crippen molar-refractivity contribution in [3.05, 3.63) is 70.3 Å². The van der Waals surface area contributed by atoms with Crippen LogP contribution < -0.4 is 10.6 Å². The lowest BCUT2D eigenvalue weighted by Gasteiger charge is -2.11. The van der Waals surface area contributed by atoms with E-state index in [0.29, 0.717) is 23.0 Å². The largest absolute Gasteiger partial charge is 0.416 e.